The maximum absolute atomic E-state index is 11.9. The number of carbonyl (C=O) groups is 1. The summed E-state index contributed by atoms with van der Waals surface area (Å²) in [6.07, 6.45) is 2.24. The molecule has 0 aliphatic carbocycles. The second-order valence-corrected chi connectivity index (χ2v) is 7.85. The summed E-state index contributed by atoms with van der Waals surface area (Å²) >= 11 is 0. The molecule has 0 amide bonds. The average molecular weight is 427 g/mol. The van der Waals surface area contributed by atoms with E-state index in [0.29, 0.717) is 11.5 Å². The number of imidazole rings is 1. The summed E-state index contributed by atoms with van der Waals surface area (Å²) in [5.74, 6) is 1.59. The summed E-state index contributed by atoms with van der Waals surface area (Å²) in [6.45, 7) is 4.32. The number of esters is 1. The molecule has 0 spiro atoms. The first-order valence-corrected chi connectivity index (χ1v) is 10.5. The maximum atomic E-state index is 11.9. The van der Waals surface area contributed by atoms with E-state index in [1.807, 2.05) is 42.5 Å². The standard InChI is InChI=1S/C27H26N2O3/c1-18(2)17-25(19-13-15-22(31-3)16-14-19)29-24-8-6-5-7-23(24)28-26(29)20-9-11-21(12-10-20)27(30)32-4/h5-18H,1-4H3. The lowest BCUT2D eigenvalue weighted by molar-refractivity contribution is 0.0600. The first kappa shape index (κ1) is 21.4. The quantitative estimate of drug-likeness (QED) is 0.353. The third-order valence-electron chi connectivity index (χ3n) is 5.24. The van der Waals surface area contributed by atoms with Crippen molar-refractivity contribution in [1.82, 2.24) is 9.55 Å². The first-order valence-electron chi connectivity index (χ1n) is 10.5. The molecule has 0 fully saturated rings. The summed E-state index contributed by atoms with van der Waals surface area (Å²) in [7, 11) is 3.05. The Morgan fingerprint density at radius 3 is 2.19 bits per heavy atom. The summed E-state index contributed by atoms with van der Waals surface area (Å²) in [5, 5.41) is 0. The predicted octanol–water partition coefficient (Wildman–Crippen LogP) is 6.04. The lowest BCUT2D eigenvalue weighted by Gasteiger charge is -2.16. The first-order chi connectivity index (χ1) is 15.5. The van der Waals surface area contributed by atoms with E-state index in [1.54, 1.807) is 19.2 Å². The lowest BCUT2D eigenvalue weighted by Crippen LogP contribution is -2.04. The van der Waals surface area contributed by atoms with Crippen molar-refractivity contribution in [2.24, 2.45) is 5.92 Å². The van der Waals surface area contributed by atoms with E-state index in [-0.39, 0.29) is 5.97 Å². The average Bonchev–Trinajstić information content (AvgIpc) is 3.21. The summed E-state index contributed by atoms with van der Waals surface area (Å²) in [4.78, 5) is 16.8. The van der Waals surface area contributed by atoms with Crippen molar-refractivity contribution >= 4 is 22.7 Å². The van der Waals surface area contributed by atoms with Crippen LogP contribution in [0.15, 0.2) is 78.9 Å². The molecule has 5 nitrogen and oxygen atoms in total. The molecule has 0 radical (unpaired) electrons. The highest BCUT2D eigenvalue weighted by molar-refractivity contribution is 5.91. The number of aromatic nitrogens is 2. The molecule has 162 valence electrons. The minimum atomic E-state index is -0.358. The monoisotopic (exact) mass is 426 g/mol. The summed E-state index contributed by atoms with van der Waals surface area (Å²) in [5.41, 5.74) is 5.45. The minimum absolute atomic E-state index is 0.322. The Balaban J connectivity index is 1.94. The molecule has 0 N–H and O–H groups in total. The van der Waals surface area contributed by atoms with E-state index in [0.717, 1.165) is 39.4 Å². The van der Waals surface area contributed by atoms with E-state index in [9.17, 15) is 4.79 Å². The Hall–Kier alpha value is -3.86. The molecule has 0 bridgehead atoms. The van der Waals surface area contributed by atoms with Crippen LogP contribution in [0.1, 0.15) is 29.8 Å². The fourth-order valence-electron chi connectivity index (χ4n) is 3.71. The van der Waals surface area contributed by atoms with Crippen LogP contribution >= 0.6 is 0 Å². The Kier molecular flexibility index (Phi) is 6.08. The van der Waals surface area contributed by atoms with Crippen molar-refractivity contribution in [2.75, 3.05) is 14.2 Å². The van der Waals surface area contributed by atoms with E-state index in [4.69, 9.17) is 14.5 Å². The van der Waals surface area contributed by atoms with Crippen LogP contribution in [0.25, 0.3) is 28.1 Å². The van der Waals surface area contributed by atoms with Gasteiger partial charge in [-0.2, -0.15) is 0 Å². The second kappa shape index (κ2) is 9.10. The number of nitrogens with zero attached hydrogens (tertiary/aromatic N) is 2. The number of hydrogen-bond donors (Lipinski definition) is 0. The molecule has 3 aromatic carbocycles. The lowest BCUT2D eigenvalue weighted by atomic mass is 10.1. The van der Waals surface area contributed by atoms with Crippen LogP contribution < -0.4 is 4.74 Å². The van der Waals surface area contributed by atoms with Crippen LogP contribution in [-0.2, 0) is 4.74 Å². The third-order valence-corrected chi connectivity index (χ3v) is 5.24. The van der Waals surface area contributed by atoms with Crippen molar-refractivity contribution in [3.8, 4) is 17.1 Å². The van der Waals surface area contributed by atoms with E-state index in [2.05, 4.69) is 42.7 Å². The van der Waals surface area contributed by atoms with Crippen molar-refractivity contribution in [2.45, 2.75) is 13.8 Å². The predicted molar refractivity (Wildman–Crippen MR) is 128 cm³/mol. The molecule has 1 aromatic heterocycles. The minimum Gasteiger partial charge on any atom is -0.497 e. The third kappa shape index (κ3) is 4.14. The normalized spacial score (nSPS) is 11.7. The van der Waals surface area contributed by atoms with Crippen LogP contribution in [0.3, 0.4) is 0 Å². The van der Waals surface area contributed by atoms with Gasteiger partial charge < -0.3 is 9.47 Å². The van der Waals surface area contributed by atoms with Crippen LogP contribution in [0.5, 0.6) is 5.75 Å². The highest BCUT2D eigenvalue weighted by atomic mass is 16.5. The fourth-order valence-corrected chi connectivity index (χ4v) is 3.71. The zero-order chi connectivity index (χ0) is 22.7. The fraction of sp³-hybridized carbons (Fsp3) is 0.185. The molecule has 5 heteroatoms. The smallest absolute Gasteiger partial charge is 0.337 e. The van der Waals surface area contributed by atoms with Gasteiger partial charge in [0.2, 0.25) is 0 Å². The largest absolute Gasteiger partial charge is 0.497 e. The number of methoxy groups -OCH3 is 2. The second-order valence-electron chi connectivity index (χ2n) is 7.85. The molecule has 0 unspecified atom stereocenters. The van der Waals surface area contributed by atoms with E-state index in [1.165, 1.54) is 7.11 Å². The molecule has 1 heterocycles. The number of carbonyl (C=O) groups excluding carboxylic acids is 1. The van der Waals surface area contributed by atoms with E-state index >= 15 is 0 Å². The number of para-hydroxylation sites is 2. The topological polar surface area (TPSA) is 53.3 Å². The summed E-state index contributed by atoms with van der Waals surface area (Å²) < 4.78 is 12.4. The Bertz CT molecular complexity index is 1270. The Labute approximate surface area is 187 Å². The number of hydrogen-bond acceptors (Lipinski definition) is 4. The van der Waals surface area contributed by atoms with Crippen molar-refractivity contribution in [3.63, 3.8) is 0 Å². The van der Waals surface area contributed by atoms with E-state index < -0.39 is 0 Å². The highest BCUT2D eigenvalue weighted by Gasteiger charge is 2.18. The van der Waals surface area contributed by atoms with Gasteiger partial charge in [0, 0.05) is 5.56 Å². The molecule has 0 aliphatic rings. The number of fused-ring (bicyclic) bond motifs is 1. The zero-order valence-electron chi connectivity index (χ0n) is 18.7. The van der Waals surface area contributed by atoms with Crippen molar-refractivity contribution in [3.05, 3.63) is 90.0 Å². The Morgan fingerprint density at radius 1 is 0.906 bits per heavy atom. The molecule has 0 saturated heterocycles. The SMILES string of the molecule is COC(=O)c1ccc(-c2nc3ccccc3n2C(=CC(C)C)c2ccc(OC)cc2)cc1. The van der Waals surface area contributed by atoms with Gasteiger partial charge in [0.05, 0.1) is 36.5 Å². The zero-order valence-corrected chi connectivity index (χ0v) is 18.7. The maximum Gasteiger partial charge on any atom is 0.337 e. The molecule has 4 rings (SSSR count). The van der Waals surface area contributed by atoms with Crippen LogP contribution in [0.4, 0.5) is 0 Å². The summed E-state index contributed by atoms with van der Waals surface area (Å²) in [6, 6.07) is 23.5. The molecular formula is C27H26N2O3. The van der Waals surface area contributed by atoms with Gasteiger partial charge in [0.25, 0.3) is 0 Å². The molecular weight excluding hydrogens is 400 g/mol. The molecule has 4 aromatic rings. The van der Waals surface area contributed by atoms with Gasteiger partial charge in [-0.1, -0.05) is 44.2 Å². The number of ether oxygens (including phenoxy) is 2. The van der Waals surface area contributed by atoms with Gasteiger partial charge in [0.1, 0.15) is 11.6 Å². The molecule has 0 saturated carbocycles. The van der Waals surface area contributed by atoms with Gasteiger partial charge >= 0.3 is 5.97 Å². The van der Waals surface area contributed by atoms with Crippen LogP contribution in [-0.4, -0.2) is 29.7 Å². The van der Waals surface area contributed by atoms with Crippen molar-refractivity contribution < 1.29 is 14.3 Å². The van der Waals surface area contributed by atoms with Gasteiger partial charge in [-0.05, 0) is 60.0 Å². The Morgan fingerprint density at radius 2 is 1.56 bits per heavy atom. The highest BCUT2D eigenvalue weighted by Crippen LogP contribution is 2.32. The van der Waals surface area contributed by atoms with Gasteiger partial charge in [-0.15, -0.1) is 0 Å². The van der Waals surface area contributed by atoms with Crippen LogP contribution in [0, 0.1) is 5.92 Å². The number of benzene rings is 3. The molecule has 0 atom stereocenters. The molecule has 0 aliphatic heterocycles. The number of rotatable bonds is 6. The van der Waals surface area contributed by atoms with Gasteiger partial charge in [-0.25, -0.2) is 9.78 Å². The van der Waals surface area contributed by atoms with Crippen molar-refractivity contribution in [1.29, 1.82) is 0 Å². The van der Waals surface area contributed by atoms with Crippen LogP contribution in [0.2, 0.25) is 0 Å². The molecule has 32 heavy (non-hydrogen) atoms. The number of allylic oxidation sites excluding steroid dienone is 1. The van der Waals surface area contributed by atoms with Gasteiger partial charge in [-0.3, -0.25) is 4.57 Å². The van der Waals surface area contributed by atoms with Gasteiger partial charge in [0.15, 0.2) is 0 Å².